The fourth-order valence-corrected chi connectivity index (χ4v) is 5.31. The molecule has 1 aliphatic rings. The van der Waals surface area contributed by atoms with Gasteiger partial charge in [0.2, 0.25) is 0 Å². The van der Waals surface area contributed by atoms with Gasteiger partial charge in [0, 0.05) is 18.8 Å². The number of hydrogen-bond donors (Lipinski definition) is 1. The number of sulfonamides is 1. The molecule has 4 rings (SSSR count). The number of nitrogens with one attached hydrogen (secondary N) is 1. The van der Waals surface area contributed by atoms with E-state index in [4.69, 9.17) is 4.74 Å². The molecular weight excluding hydrogens is 408 g/mol. The quantitative estimate of drug-likeness (QED) is 0.671. The Balaban J connectivity index is 1.57. The monoisotopic (exact) mass is 428 g/mol. The van der Waals surface area contributed by atoms with Crippen LogP contribution in [-0.4, -0.2) is 32.9 Å². The van der Waals surface area contributed by atoms with Crippen molar-refractivity contribution in [3.05, 3.63) is 76.0 Å². The minimum Gasteiger partial charge on any atom is -0.495 e. The van der Waals surface area contributed by atoms with E-state index in [1.165, 1.54) is 24.5 Å². The number of para-hydroxylation sites is 1. The summed E-state index contributed by atoms with van der Waals surface area (Å²) in [6.45, 7) is 1.10. The second-order valence-corrected chi connectivity index (χ2v) is 9.29. The number of benzene rings is 2. The predicted molar refractivity (Wildman–Crippen MR) is 113 cm³/mol. The normalized spacial score (nSPS) is 13.6. The lowest BCUT2D eigenvalue weighted by Crippen LogP contribution is -2.35. The molecule has 1 aromatic heterocycles. The van der Waals surface area contributed by atoms with Crippen molar-refractivity contribution in [2.75, 3.05) is 18.4 Å². The Kier molecular flexibility index (Phi) is 5.29. The van der Waals surface area contributed by atoms with Gasteiger partial charge >= 0.3 is 0 Å². The Hall–Kier alpha value is -2.84. The van der Waals surface area contributed by atoms with Crippen molar-refractivity contribution in [2.45, 2.75) is 17.9 Å². The van der Waals surface area contributed by atoms with E-state index in [9.17, 15) is 13.2 Å². The van der Waals surface area contributed by atoms with Crippen molar-refractivity contribution in [3.8, 4) is 5.75 Å². The van der Waals surface area contributed by atoms with Crippen LogP contribution in [0.2, 0.25) is 0 Å². The van der Waals surface area contributed by atoms with Crippen LogP contribution >= 0.6 is 11.3 Å². The highest BCUT2D eigenvalue weighted by atomic mass is 32.2. The van der Waals surface area contributed by atoms with Crippen LogP contribution in [-0.2, 0) is 23.0 Å². The summed E-state index contributed by atoms with van der Waals surface area (Å²) in [7, 11) is -2.36. The molecular formula is C21H20N2O4S2. The summed E-state index contributed by atoms with van der Waals surface area (Å²) in [6, 6.07) is 15.6. The van der Waals surface area contributed by atoms with Crippen LogP contribution in [0.15, 0.2) is 64.9 Å². The number of rotatable bonds is 5. The Morgan fingerprint density at radius 2 is 1.93 bits per heavy atom. The number of hydrogen-bond acceptors (Lipinski definition) is 5. The summed E-state index contributed by atoms with van der Waals surface area (Å²) in [5.74, 6) is 0.288. The molecule has 2 aromatic carbocycles. The second kappa shape index (κ2) is 7.88. The van der Waals surface area contributed by atoms with E-state index in [1.807, 2.05) is 23.6 Å². The van der Waals surface area contributed by atoms with Crippen LogP contribution in [0.3, 0.4) is 0 Å². The lowest BCUT2D eigenvalue weighted by molar-refractivity contribution is 0.0739. The van der Waals surface area contributed by atoms with Gasteiger partial charge in [0.25, 0.3) is 15.9 Å². The Morgan fingerprint density at radius 1 is 1.10 bits per heavy atom. The number of carbonyl (C=O) groups is 1. The molecule has 29 heavy (non-hydrogen) atoms. The van der Waals surface area contributed by atoms with Crippen molar-refractivity contribution in [2.24, 2.45) is 0 Å². The molecule has 2 heterocycles. The Morgan fingerprint density at radius 3 is 2.69 bits per heavy atom. The molecule has 0 aliphatic carbocycles. The topological polar surface area (TPSA) is 75.7 Å². The maximum atomic E-state index is 12.8. The van der Waals surface area contributed by atoms with Crippen LogP contribution in [0, 0.1) is 0 Å². The van der Waals surface area contributed by atoms with Crippen LogP contribution in [0.25, 0.3) is 0 Å². The summed E-state index contributed by atoms with van der Waals surface area (Å²) in [4.78, 5) is 15.2. The molecule has 150 valence electrons. The van der Waals surface area contributed by atoms with Gasteiger partial charge in [-0.25, -0.2) is 8.42 Å². The van der Waals surface area contributed by atoms with Crippen molar-refractivity contribution >= 4 is 33.0 Å². The Labute approximate surface area is 173 Å². The van der Waals surface area contributed by atoms with Gasteiger partial charge in [-0.2, -0.15) is 0 Å². The molecule has 0 saturated heterocycles. The fraction of sp³-hybridized carbons (Fsp3) is 0.190. The van der Waals surface area contributed by atoms with Gasteiger partial charge in [-0.15, -0.1) is 11.3 Å². The fourth-order valence-electron chi connectivity index (χ4n) is 3.40. The van der Waals surface area contributed by atoms with E-state index in [2.05, 4.69) is 4.72 Å². The molecule has 0 bridgehead atoms. The highest BCUT2D eigenvalue weighted by molar-refractivity contribution is 7.92. The maximum absolute atomic E-state index is 12.8. The van der Waals surface area contributed by atoms with Crippen LogP contribution in [0.5, 0.6) is 5.75 Å². The molecule has 6 nitrogen and oxygen atoms in total. The highest BCUT2D eigenvalue weighted by Gasteiger charge is 2.24. The number of ether oxygens (including phenoxy) is 1. The van der Waals surface area contributed by atoms with E-state index < -0.39 is 10.0 Å². The van der Waals surface area contributed by atoms with Gasteiger partial charge in [0.15, 0.2) is 0 Å². The number of nitrogens with zero attached hydrogens (tertiary/aromatic N) is 1. The van der Waals surface area contributed by atoms with Gasteiger partial charge in [-0.1, -0.05) is 24.3 Å². The minimum atomic E-state index is -3.80. The van der Waals surface area contributed by atoms with Gasteiger partial charge in [-0.05, 0) is 53.3 Å². The number of amides is 1. The molecule has 0 saturated carbocycles. The van der Waals surface area contributed by atoms with Gasteiger partial charge < -0.3 is 9.64 Å². The molecule has 0 unspecified atom stereocenters. The van der Waals surface area contributed by atoms with Gasteiger partial charge in [0.1, 0.15) is 10.6 Å². The molecule has 1 amide bonds. The zero-order valence-electron chi connectivity index (χ0n) is 15.8. The smallest absolute Gasteiger partial charge is 0.265 e. The SMILES string of the molecule is COc1ccccc1S(=O)(=O)Nc1ccc2c(c1)CN(C(=O)c1cccs1)CC2. The van der Waals surface area contributed by atoms with Gasteiger partial charge in [0.05, 0.1) is 12.0 Å². The minimum absolute atomic E-state index is 0.00524. The molecule has 0 radical (unpaired) electrons. The Bertz CT molecular complexity index is 1140. The van der Waals surface area contributed by atoms with E-state index in [0.717, 1.165) is 17.5 Å². The van der Waals surface area contributed by atoms with Crippen LogP contribution in [0.1, 0.15) is 20.8 Å². The van der Waals surface area contributed by atoms with Crippen LogP contribution in [0.4, 0.5) is 5.69 Å². The first-order chi connectivity index (χ1) is 14.0. The van der Waals surface area contributed by atoms with E-state index in [1.54, 1.807) is 35.2 Å². The first kappa shape index (κ1) is 19.5. The standard InChI is InChI=1S/C21H20N2O4S2/c1-27-18-5-2-3-7-20(18)29(25,26)22-17-9-8-15-10-11-23(14-16(15)13-17)21(24)19-6-4-12-28-19/h2-9,12-13,22H,10-11,14H2,1H3. The third kappa shape index (κ3) is 3.99. The molecule has 0 spiro atoms. The van der Waals surface area contributed by atoms with Crippen molar-refractivity contribution in [3.63, 3.8) is 0 Å². The summed E-state index contributed by atoms with van der Waals surface area (Å²) < 4.78 is 33.4. The van der Waals surface area contributed by atoms with Crippen molar-refractivity contribution in [1.82, 2.24) is 4.90 Å². The molecule has 3 aromatic rings. The zero-order chi connectivity index (χ0) is 20.4. The summed E-state index contributed by atoms with van der Waals surface area (Å²) in [6.07, 6.45) is 0.742. The molecule has 1 aliphatic heterocycles. The number of carbonyl (C=O) groups excluding carboxylic acids is 1. The first-order valence-corrected chi connectivity index (χ1v) is 11.4. The van der Waals surface area contributed by atoms with Crippen molar-refractivity contribution < 1.29 is 17.9 Å². The predicted octanol–water partition coefficient (Wildman–Crippen LogP) is 3.76. The average molecular weight is 429 g/mol. The molecule has 0 fully saturated rings. The lowest BCUT2D eigenvalue weighted by atomic mass is 9.99. The highest BCUT2D eigenvalue weighted by Crippen LogP contribution is 2.28. The maximum Gasteiger partial charge on any atom is 0.265 e. The number of thiophene rings is 1. The third-order valence-electron chi connectivity index (χ3n) is 4.85. The number of fused-ring (bicyclic) bond motifs is 1. The number of methoxy groups -OCH3 is 1. The van der Waals surface area contributed by atoms with Crippen LogP contribution < -0.4 is 9.46 Å². The van der Waals surface area contributed by atoms with E-state index in [-0.39, 0.29) is 16.6 Å². The van der Waals surface area contributed by atoms with E-state index in [0.29, 0.717) is 23.7 Å². The lowest BCUT2D eigenvalue weighted by Gasteiger charge is -2.29. The first-order valence-electron chi connectivity index (χ1n) is 9.08. The largest absolute Gasteiger partial charge is 0.495 e. The summed E-state index contributed by atoms with van der Waals surface area (Å²) in [5.41, 5.74) is 2.53. The summed E-state index contributed by atoms with van der Waals surface area (Å²) >= 11 is 1.42. The van der Waals surface area contributed by atoms with E-state index >= 15 is 0 Å². The molecule has 8 heteroatoms. The number of anilines is 1. The van der Waals surface area contributed by atoms with Gasteiger partial charge in [-0.3, -0.25) is 9.52 Å². The third-order valence-corrected chi connectivity index (χ3v) is 7.13. The summed E-state index contributed by atoms with van der Waals surface area (Å²) in [5, 5.41) is 1.88. The molecule has 1 N–H and O–H groups in total. The molecule has 0 atom stereocenters. The average Bonchev–Trinajstić information content (AvgIpc) is 3.27. The zero-order valence-corrected chi connectivity index (χ0v) is 17.4. The second-order valence-electron chi connectivity index (χ2n) is 6.69. The van der Waals surface area contributed by atoms with Crippen molar-refractivity contribution in [1.29, 1.82) is 0 Å².